The van der Waals surface area contributed by atoms with Crippen molar-refractivity contribution >= 4 is 45.6 Å². The molecule has 0 unspecified atom stereocenters. The lowest BCUT2D eigenvalue weighted by Gasteiger charge is -2.10. The number of nitrogens with one attached hydrogen (secondary N) is 1. The molecule has 124 valence electrons. The third-order valence-corrected chi connectivity index (χ3v) is 6.03. The van der Waals surface area contributed by atoms with Crippen LogP contribution in [0.15, 0.2) is 12.4 Å². The standard InChI is InChI=1S/C13H12Cl2F2N4OS/c1-6-7(8-18-3-4-21(8)10(16)17)23-11(19-6)20-9(22)12(2)5-13(12,14)15/h3-4,10H,5H2,1-2H3,(H,19,20,22)/t12-/m0/s1. The Bertz CT molecular complexity index is 776. The van der Waals surface area contributed by atoms with Crippen LogP contribution >= 0.6 is 34.5 Å². The van der Waals surface area contributed by atoms with Gasteiger partial charge in [-0.25, -0.2) is 9.97 Å². The Balaban J connectivity index is 1.85. The molecule has 0 radical (unpaired) electrons. The van der Waals surface area contributed by atoms with E-state index in [9.17, 15) is 13.6 Å². The third-order valence-electron chi connectivity index (χ3n) is 3.86. The van der Waals surface area contributed by atoms with Gasteiger partial charge in [-0.1, -0.05) is 11.3 Å². The van der Waals surface area contributed by atoms with E-state index in [1.807, 2.05) is 0 Å². The number of aryl methyl sites for hydroxylation is 1. The van der Waals surface area contributed by atoms with E-state index in [2.05, 4.69) is 15.3 Å². The summed E-state index contributed by atoms with van der Waals surface area (Å²) in [4.78, 5) is 20.8. The molecule has 0 spiro atoms. The number of rotatable bonds is 4. The lowest BCUT2D eigenvalue weighted by Crippen LogP contribution is -2.25. The number of nitrogens with zero attached hydrogens (tertiary/aromatic N) is 3. The Morgan fingerprint density at radius 3 is 2.74 bits per heavy atom. The van der Waals surface area contributed by atoms with Gasteiger partial charge in [-0.05, 0) is 20.3 Å². The molecule has 1 atom stereocenters. The highest BCUT2D eigenvalue weighted by atomic mass is 35.5. The van der Waals surface area contributed by atoms with E-state index in [1.54, 1.807) is 13.8 Å². The molecule has 1 aliphatic rings. The third kappa shape index (κ3) is 2.72. The predicted octanol–water partition coefficient (Wildman–Crippen LogP) is 4.23. The lowest BCUT2D eigenvalue weighted by molar-refractivity contribution is -0.120. The fourth-order valence-electron chi connectivity index (χ4n) is 2.19. The first-order valence-corrected chi connectivity index (χ1v) is 8.21. The van der Waals surface area contributed by atoms with E-state index >= 15 is 0 Å². The molecule has 1 fully saturated rings. The summed E-state index contributed by atoms with van der Waals surface area (Å²) in [5.41, 5.74) is -0.376. The molecule has 23 heavy (non-hydrogen) atoms. The van der Waals surface area contributed by atoms with Crippen LogP contribution in [0.25, 0.3) is 10.7 Å². The van der Waals surface area contributed by atoms with E-state index in [0.29, 0.717) is 22.1 Å². The van der Waals surface area contributed by atoms with Crippen LogP contribution in [-0.2, 0) is 4.79 Å². The highest BCUT2D eigenvalue weighted by Crippen LogP contribution is 2.64. The molecule has 5 nitrogen and oxygen atoms in total. The fourth-order valence-corrected chi connectivity index (χ4v) is 3.85. The lowest BCUT2D eigenvalue weighted by atomic mass is 10.1. The second-order valence-corrected chi connectivity index (χ2v) is 8.02. The number of hydrogen-bond acceptors (Lipinski definition) is 4. The minimum Gasteiger partial charge on any atom is -0.301 e. The quantitative estimate of drug-likeness (QED) is 0.807. The van der Waals surface area contributed by atoms with Crippen molar-refractivity contribution < 1.29 is 13.6 Å². The van der Waals surface area contributed by atoms with Gasteiger partial charge in [0.05, 0.1) is 16.0 Å². The largest absolute Gasteiger partial charge is 0.320 e. The van der Waals surface area contributed by atoms with Crippen LogP contribution in [0.1, 0.15) is 25.6 Å². The van der Waals surface area contributed by atoms with Crippen molar-refractivity contribution in [3.05, 3.63) is 18.1 Å². The number of hydrogen-bond donors (Lipinski definition) is 1. The smallest absolute Gasteiger partial charge is 0.301 e. The summed E-state index contributed by atoms with van der Waals surface area (Å²) < 4.78 is 25.6. The minimum absolute atomic E-state index is 0.108. The van der Waals surface area contributed by atoms with Crippen LogP contribution in [0.4, 0.5) is 13.9 Å². The van der Waals surface area contributed by atoms with Crippen LogP contribution in [0.3, 0.4) is 0 Å². The van der Waals surface area contributed by atoms with Crippen molar-refractivity contribution in [2.45, 2.75) is 31.2 Å². The molecule has 1 aliphatic carbocycles. The number of anilines is 1. The maximum atomic E-state index is 13.0. The van der Waals surface area contributed by atoms with Gasteiger partial charge in [0.15, 0.2) is 11.0 Å². The summed E-state index contributed by atoms with van der Waals surface area (Å²) in [5.74, 6) is -0.239. The van der Waals surface area contributed by atoms with Crippen LogP contribution < -0.4 is 5.32 Å². The molecular weight excluding hydrogens is 369 g/mol. The topological polar surface area (TPSA) is 59.8 Å². The first kappa shape index (κ1) is 16.6. The van der Waals surface area contributed by atoms with Crippen LogP contribution in [-0.4, -0.2) is 24.8 Å². The summed E-state index contributed by atoms with van der Waals surface area (Å²) in [7, 11) is 0. The van der Waals surface area contributed by atoms with Crippen LogP contribution in [0.5, 0.6) is 0 Å². The van der Waals surface area contributed by atoms with Crippen LogP contribution in [0, 0.1) is 12.3 Å². The molecule has 2 aromatic heterocycles. The molecule has 2 heterocycles. The molecule has 3 rings (SSSR count). The van der Waals surface area contributed by atoms with Crippen LogP contribution in [0.2, 0.25) is 0 Å². The first-order chi connectivity index (χ1) is 10.7. The number of alkyl halides is 4. The first-order valence-electron chi connectivity index (χ1n) is 6.64. The summed E-state index contributed by atoms with van der Waals surface area (Å²) in [5, 5.41) is 2.94. The second kappa shape index (κ2) is 5.39. The zero-order valence-electron chi connectivity index (χ0n) is 12.1. The Morgan fingerprint density at radius 1 is 1.52 bits per heavy atom. The van der Waals surface area contributed by atoms with Gasteiger partial charge in [0.25, 0.3) is 0 Å². The fraction of sp³-hybridized carbons (Fsp3) is 0.462. The molecule has 0 aliphatic heterocycles. The summed E-state index contributed by atoms with van der Waals surface area (Å²) >= 11 is 13.0. The zero-order chi connectivity index (χ0) is 17.0. The van der Waals surface area contributed by atoms with E-state index in [0.717, 1.165) is 15.9 Å². The van der Waals surface area contributed by atoms with Crippen molar-refractivity contribution in [3.8, 4) is 10.7 Å². The summed E-state index contributed by atoms with van der Waals surface area (Å²) in [6, 6.07) is 0. The normalized spacial score (nSPS) is 22.4. The number of amides is 1. The molecule has 0 saturated heterocycles. The van der Waals surface area contributed by atoms with E-state index in [4.69, 9.17) is 23.2 Å². The molecule has 0 aromatic carbocycles. The highest BCUT2D eigenvalue weighted by molar-refractivity contribution is 7.19. The average Bonchev–Trinajstić information content (AvgIpc) is 2.85. The monoisotopic (exact) mass is 380 g/mol. The molecule has 10 heteroatoms. The van der Waals surface area contributed by atoms with Gasteiger partial charge in [-0.2, -0.15) is 8.78 Å². The van der Waals surface area contributed by atoms with Crippen molar-refractivity contribution in [1.82, 2.24) is 14.5 Å². The minimum atomic E-state index is -2.70. The molecule has 1 amide bonds. The number of carbonyl (C=O) groups excluding carboxylic acids is 1. The van der Waals surface area contributed by atoms with Gasteiger partial charge in [0.2, 0.25) is 5.91 Å². The average molecular weight is 381 g/mol. The Labute approximate surface area is 144 Å². The SMILES string of the molecule is Cc1nc(NC(=O)[C@]2(C)CC2(Cl)Cl)sc1-c1nccn1C(F)F. The second-order valence-electron chi connectivity index (χ2n) is 5.54. The summed E-state index contributed by atoms with van der Waals surface area (Å²) in [6.07, 6.45) is 2.83. The molecule has 0 bridgehead atoms. The van der Waals surface area contributed by atoms with Crippen molar-refractivity contribution in [1.29, 1.82) is 0 Å². The van der Waals surface area contributed by atoms with Gasteiger partial charge in [-0.15, -0.1) is 23.2 Å². The molecule has 1 N–H and O–H groups in total. The molecule has 1 saturated carbocycles. The van der Waals surface area contributed by atoms with Gasteiger partial charge >= 0.3 is 6.55 Å². The number of carbonyl (C=O) groups is 1. The molecule has 2 aromatic rings. The Hall–Kier alpha value is -1.25. The maximum absolute atomic E-state index is 13.0. The maximum Gasteiger partial charge on any atom is 0.320 e. The summed E-state index contributed by atoms with van der Waals surface area (Å²) in [6.45, 7) is 0.622. The number of halogens is 4. The van der Waals surface area contributed by atoms with Gasteiger partial charge in [0.1, 0.15) is 4.33 Å². The van der Waals surface area contributed by atoms with E-state index < -0.39 is 16.3 Å². The Morgan fingerprint density at radius 2 is 2.17 bits per heavy atom. The number of imidazole rings is 1. The van der Waals surface area contributed by atoms with E-state index in [1.165, 1.54) is 12.4 Å². The van der Waals surface area contributed by atoms with Gasteiger partial charge in [-0.3, -0.25) is 9.36 Å². The number of aromatic nitrogens is 3. The Kier molecular flexibility index (Phi) is 3.89. The predicted molar refractivity (Wildman–Crippen MR) is 85.1 cm³/mol. The zero-order valence-corrected chi connectivity index (χ0v) is 14.4. The van der Waals surface area contributed by atoms with Crippen molar-refractivity contribution in [2.24, 2.45) is 5.41 Å². The van der Waals surface area contributed by atoms with Crippen molar-refractivity contribution in [3.63, 3.8) is 0 Å². The molecular formula is C13H12Cl2F2N4OS. The highest BCUT2D eigenvalue weighted by Gasteiger charge is 2.68. The van der Waals surface area contributed by atoms with Gasteiger partial charge in [0, 0.05) is 12.4 Å². The van der Waals surface area contributed by atoms with E-state index in [-0.39, 0.29) is 11.7 Å². The van der Waals surface area contributed by atoms with Gasteiger partial charge < -0.3 is 5.32 Å². The van der Waals surface area contributed by atoms with Crippen molar-refractivity contribution in [2.75, 3.05) is 5.32 Å². The number of thiazole rings is 1.